The van der Waals surface area contributed by atoms with Crippen molar-refractivity contribution in [3.05, 3.63) is 0 Å². The molecule has 4 unspecified atom stereocenters. The van der Waals surface area contributed by atoms with E-state index in [0.29, 0.717) is 0 Å². The molecule has 36 heavy (non-hydrogen) atoms. The SMILES string of the molecule is CC(C)C(NC(=O)C(CCCN=C(N)N)NC(=O)C(CCC(=O)O)NC(=O)C(N)CC(=O)O)C(=O)O. The lowest BCUT2D eigenvalue weighted by molar-refractivity contribution is -0.143. The van der Waals surface area contributed by atoms with Crippen LogP contribution < -0.4 is 33.2 Å². The Morgan fingerprint density at radius 2 is 1.33 bits per heavy atom. The molecule has 4 atom stereocenters. The lowest BCUT2D eigenvalue weighted by atomic mass is 10.0. The molecule has 0 aromatic heterocycles. The summed E-state index contributed by atoms with van der Waals surface area (Å²) < 4.78 is 0. The molecule has 0 fully saturated rings. The third-order valence-electron chi connectivity index (χ3n) is 4.82. The van der Waals surface area contributed by atoms with Crippen molar-refractivity contribution < 1.29 is 44.1 Å². The van der Waals surface area contributed by atoms with Gasteiger partial charge in [-0.3, -0.25) is 29.0 Å². The summed E-state index contributed by atoms with van der Waals surface area (Å²) in [6.07, 6.45) is -1.50. The van der Waals surface area contributed by atoms with Gasteiger partial charge >= 0.3 is 17.9 Å². The van der Waals surface area contributed by atoms with Crippen molar-refractivity contribution in [3.8, 4) is 0 Å². The average Bonchev–Trinajstić information content (AvgIpc) is 2.75. The van der Waals surface area contributed by atoms with Crippen LogP contribution in [0.4, 0.5) is 0 Å². The standard InChI is InChI=1S/C20H35N7O9/c1-9(2)15(19(35)36)27-18(34)11(4-3-7-24-20(22)23)26-17(33)12(5-6-13(28)29)25-16(32)10(21)8-14(30)31/h9-12,15H,3-8,21H2,1-2H3,(H,25,32)(H,26,33)(H,27,34)(H,28,29)(H,30,31)(H,35,36)(H4,22,23,24). The van der Waals surface area contributed by atoms with Gasteiger partial charge in [0.1, 0.15) is 18.1 Å². The molecular weight excluding hydrogens is 482 g/mol. The summed E-state index contributed by atoms with van der Waals surface area (Å²) in [5, 5.41) is 34.0. The number of hydrogen-bond acceptors (Lipinski definition) is 8. The first-order valence-electron chi connectivity index (χ1n) is 11.0. The van der Waals surface area contributed by atoms with Gasteiger partial charge in [-0.15, -0.1) is 0 Å². The third kappa shape index (κ3) is 13.1. The molecule has 204 valence electrons. The van der Waals surface area contributed by atoms with E-state index in [9.17, 15) is 33.9 Å². The molecular formula is C20H35N7O9. The largest absolute Gasteiger partial charge is 0.481 e. The number of carboxylic acids is 3. The fourth-order valence-corrected chi connectivity index (χ4v) is 2.91. The van der Waals surface area contributed by atoms with Crippen LogP contribution in [-0.2, 0) is 28.8 Å². The second-order valence-electron chi connectivity index (χ2n) is 8.28. The van der Waals surface area contributed by atoms with Crippen molar-refractivity contribution in [2.75, 3.05) is 6.54 Å². The highest BCUT2D eigenvalue weighted by atomic mass is 16.4. The van der Waals surface area contributed by atoms with Gasteiger partial charge in [0.25, 0.3) is 0 Å². The van der Waals surface area contributed by atoms with Gasteiger partial charge in [-0.1, -0.05) is 13.8 Å². The zero-order valence-corrected chi connectivity index (χ0v) is 20.1. The summed E-state index contributed by atoms with van der Waals surface area (Å²) >= 11 is 0. The van der Waals surface area contributed by atoms with Crippen LogP contribution in [0.15, 0.2) is 4.99 Å². The lowest BCUT2D eigenvalue weighted by Crippen LogP contribution is -2.57. The van der Waals surface area contributed by atoms with Crippen molar-refractivity contribution in [2.45, 2.75) is 70.1 Å². The number of nitrogens with two attached hydrogens (primary N) is 3. The first-order chi connectivity index (χ1) is 16.6. The van der Waals surface area contributed by atoms with E-state index in [1.807, 2.05) is 0 Å². The van der Waals surface area contributed by atoms with Crippen LogP contribution in [0.5, 0.6) is 0 Å². The molecule has 0 aliphatic rings. The van der Waals surface area contributed by atoms with Crippen molar-refractivity contribution in [1.29, 1.82) is 0 Å². The maximum Gasteiger partial charge on any atom is 0.326 e. The number of rotatable bonds is 17. The van der Waals surface area contributed by atoms with E-state index in [0.717, 1.165) is 0 Å². The molecule has 0 aromatic carbocycles. The van der Waals surface area contributed by atoms with Crippen molar-refractivity contribution in [1.82, 2.24) is 16.0 Å². The number of aliphatic imine (C=N–C) groups is 1. The number of nitrogens with one attached hydrogen (secondary N) is 3. The predicted octanol–water partition coefficient (Wildman–Crippen LogP) is -3.10. The first-order valence-corrected chi connectivity index (χ1v) is 11.0. The molecule has 0 aliphatic heterocycles. The molecule has 0 aliphatic carbocycles. The first kappa shape index (κ1) is 32.0. The maximum absolute atomic E-state index is 12.9. The van der Waals surface area contributed by atoms with Crippen molar-refractivity contribution >= 4 is 41.6 Å². The Morgan fingerprint density at radius 1 is 0.806 bits per heavy atom. The van der Waals surface area contributed by atoms with Crippen LogP contribution in [0.1, 0.15) is 46.0 Å². The van der Waals surface area contributed by atoms with E-state index >= 15 is 0 Å². The summed E-state index contributed by atoms with van der Waals surface area (Å²) in [4.78, 5) is 75.0. The van der Waals surface area contributed by atoms with Gasteiger partial charge in [0, 0.05) is 13.0 Å². The number of guanidine groups is 1. The molecule has 0 spiro atoms. The highest BCUT2D eigenvalue weighted by Gasteiger charge is 2.31. The second kappa shape index (κ2) is 15.9. The Kier molecular flexibility index (Phi) is 14.1. The number of carbonyl (C=O) groups is 6. The molecule has 0 radical (unpaired) electrons. The summed E-state index contributed by atoms with van der Waals surface area (Å²) in [6, 6.07) is -5.53. The zero-order valence-electron chi connectivity index (χ0n) is 20.1. The minimum atomic E-state index is -1.51. The van der Waals surface area contributed by atoms with Crippen LogP contribution in [0.2, 0.25) is 0 Å². The van der Waals surface area contributed by atoms with E-state index in [1.165, 1.54) is 0 Å². The fourth-order valence-electron chi connectivity index (χ4n) is 2.91. The molecule has 0 saturated heterocycles. The highest BCUT2D eigenvalue weighted by molar-refractivity contribution is 5.95. The zero-order chi connectivity index (χ0) is 28.0. The molecule has 16 nitrogen and oxygen atoms in total. The quantitative estimate of drug-likeness (QED) is 0.0526. The fraction of sp³-hybridized carbons (Fsp3) is 0.650. The number of hydrogen-bond donors (Lipinski definition) is 9. The Balaban J connectivity index is 5.70. The van der Waals surface area contributed by atoms with Crippen LogP contribution in [0, 0.1) is 5.92 Å². The third-order valence-corrected chi connectivity index (χ3v) is 4.82. The molecule has 0 rings (SSSR count). The van der Waals surface area contributed by atoms with Gasteiger partial charge < -0.3 is 48.5 Å². The van der Waals surface area contributed by atoms with Crippen LogP contribution in [0.25, 0.3) is 0 Å². The van der Waals surface area contributed by atoms with E-state index in [4.69, 9.17) is 27.4 Å². The highest BCUT2D eigenvalue weighted by Crippen LogP contribution is 2.07. The summed E-state index contributed by atoms with van der Waals surface area (Å²) in [7, 11) is 0. The number of aliphatic carboxylic acids is 3. The second-order valence-corrected chi connectivity index (χ2v) is 8.28. The van der Waals surface area contributed by atoms with Gasteiger partial charge in [0.2, 0.25) is 17.7 Å². The summed E-state index contributed by atoms with van der Waals surface area (Å²) in [6.45, 7) is 3.24. The molecule has 3 amide bonds. The van der Waals surface area contributed by atoms with E-state index in [2.05, 4.69) is 20.9 Å². The topological polar surface area (TPSA) is 290 Å². The van der Waals surface area contributed by atoms with Gasteiger partial charge in [0.15, 0.2) is 5.96 Å². The monoisotopic (exact) mass is 517 g/mol. The number of carboxylic acid groups (broad SMARTS) is 3. The molecule has 12 N–H and O–H groups in total. The van der Waals surface area contributed by atoms with E-state index in [-0.39, 0.29) is 25.3 Å². The van der Waals surface area contributed by atoms with Crippen LogP contribution in [-0.4, -0.2) is 87.6 Å². The van der Waals surface area contributed by atoms with Gasteiger partial charge in [-0.25, -0.2) is 4.79 Å². The Morgan fingerprint density at radius 3 is 1.81 bits per heavy atom. The van der Waals surface area contributed by atoms with E-state index in [1.54, 1.807) is 13.8 Å². The number of nitrogens with zero attached hydrogens (tertiary/aromatic N) is 1. The minimum Gasteiger partial charge on any atom is -0.481 e. The Labute approximate surface area is 207 Å². The molecule has 0 bridgehead atoms. The summed E-state index contributed by atoms with van der Waals surface area (Å²) in [5.74, 6) is -7.40. The van der Waals surface area contributed by atoms with Crippen LogP contribution in [0.3, 0.4) is 0 Å². The van der Waals surface area contributed by atoms with E-state index < -0.39 is 85.0 Å². The summed E-state index contributed by atoms with van der Waals surface area (Å²) in [5.41, 5.74) is 16.0. The van der Waals surface area contributed by atoms with Gasteiger partial charge in [-0.2, -0.15) is 0 Å². The minimum absolute atomic E-state index is 0.0308. The van der Waals surface area contributed by atoms with Crippen LogP contribution >= 0.6 is 0 Å². The Bertz CT molecular complexity index is 843. The molecule has 0 aromatic rings. The molecule has 16 heteroatoms. The van der Waals surface area contributed by atoms with Crippen molar-refractivity contribution in [2.24, 2.45) is 28.1 Å². The number of carbonyl (C=O) groups excluding carboxylic acids is 3. The normalized spacial score (nSPS) is 14.0. The average molecular weight is 518 g/mol. The molecule has 0 saturated carbocycles. The maximum atomic E-state index is 12.9. The molecule has 0 heterocycles. The van der Waals surface area contributed by atoms with Crippen molar-refractivity contribution in [3.63, 3.8) is 0 Å². The number of amides is 3. The smallest absolute Gasteiger partial charge is 0.326 e. The Hall–Kier alpha value is -3.95. The van der Waals surface area contributed by atoms with Gasteiger partial charge in [-0.05, 0) is 25.2 Å². The predicted molar refractivity (Wildman–Crippen MR) is 125 cm³/mol. The van der Waals surface area contributed by atoms with Gasteiger partial charge in [0.05, 0.1) is 12.5 Å². The lowest BCUT2D eigenvalue weighted by Gasteiger charge is -2.25.